The lowest BCUT2D eigenvalue weighted by atomic mass is 9.80. The Morgan fingerprint density at radius 1 is 1.21 bits per heavy atom. The molecule has 0 atom stereocenters. The number of nitrogens with one attached hydrogen (secondary N) is 1. The zero-order chi connectivity index (χ0) is 20.8. The summed E-state index contributed by atoms with van der Waals surface area (Å²) >= 11 is 0. The van der Waals surface area contributed by atoms with Crippen LogP contribution in [0.1, 0.15) is 36.9 Å². The molecule has 1 aromatic carbocycles. The molecule has 1 heterocycles. The highest BCUT2D eigenvalue weighted by atomic mass is 16.6. The van der Waals surface area contributed by atoms with Crippen molar-refractivity contribution in [1.29, 1.82) is 0 Å². The van der Waals surface area contributed by atoms with Crippen LogP contribution in [0.2, 0.25) is 0 Å². The summed E-state index contributed by atoms with van der Waals surface area (Å²) in [6.07, 6.45) is 4.60. The van der Waals surface area contributed by atoms with E-state index in [4.69, 9.17) is 16.2 Å². The van der Waals surface area contributed by atoms with Gasteiger partial charge in [-0.2, -0.15) is 4.98 Å². The predicted molar refractivity (Wildman–Crippen MR) is 112 cm³/mol. The van der Waals surface area contributed by atoms with Crippen LogP contribution in [0.4, 0.5) is 17.5 Å². The van der Waals surface area contributed by atoms with Gasteiger partial charge >= 0.3 is 5.69 Å². The second-order valence-electron chi connectivity index (χ2n) is 7.48. The van der Waals surface area contributed by atoms with E-state index in [1.807, 2.05) is 24.3 Å². The molecule has 1 saturated carbocycles. The van der Waals surface area contributed by atoms with Crippen molar-refractivity contribution in [3.8, 4) is 5.75 Å². The van der Waals surface area contributed by atoms with Gasteiger partial charge in [0.15, 0.2) is 0 Å². The molecule has 0 spiro atoms. The van der Waals surface area contributed by atoms with Gasteiger partial charge < -0.3 is 21.5 Å². The number of nitrogen functional groups attached to an aromatic ring is 1. The number of aromatic nitrogens is 2. The molecule has 0 amide bonds. The number of hydrogen-bond donors (Lipinski definition) is 3. The van der Waals surface area contributed by atoms with Crippen molar-refractivity contribution in [2.75, 3.05) is 24.7 Å². The Labute approximate surface area is 170 Å². The fourth-order valence-corrected chi connectivity index (χ4v) is 3.91. The van der Waals surface area contributed by atoms with Gasteiger partial charge in [-0.05, 0) is 56.6 Å². The van der Waals surface area contributed by atoms with E-state index in [-0.39, 0.29) is 17.5 Å². The van der Waals surface area contributed by atoms with Gasteiger partial charge in [-0.1, -0.05) is 18.2 Å². The van der Waals surface area contributed by atoms with Crippen molar-refractivity contribution in [3.63, 3.8) is 0 Å². The van der Waals surface area contributed by atoms with Gasteiger partial charge in [-0.15, -0.1) is 0 Å². The zero-order valence-corrected chi connectivity index (χ0v) is 16.6. The van der Waals surface area contributed by atoms with E-state index in [9.17, 15) is 10.1 Å². The zero-order valence-electron chi connectivity index (χ0n) is 16.6. The number of ether oxygens (including phenoxy) is 1. The normalized spacial score (nSPS) is 19.0. The van der Waals surface area contributed by atoms with Crippen LogP contribution in [-0.4, -0.2) is 28.5 Å². The topological polar surface area (TPSA) is 142 Å². The lowest BCUT2D eigenvalue weighted by Crippen LogP contribution is -2.23. The van der Waals surface area contributed by atoms with Gasteiger partial charge in [-0.3, -0.25) is 10.1 Å². The first-order valence-electron chi connectivity index (χ1n) is 9.88. The average molecular weight is 400 g/mol. The molecule has 3 rings (SSSR count). The molecular formula is C20H28N6O3. The molecule has 0 bridgehead atoms. The maximum absolute atomic E-state index is 11.5. The number of anilines is 2. The smallest absolute Gasteiger partial charge is 0.332 e. The van der Waals surface area contributed by atoms with Crippen LogP contribution >= 0.6 is 0 Å². The number of nitro groups is 1. The minimum absolute atomic E-state index is 0.113. The van der Waals surface area contributed by atoms with E-state index in [1.54, 1.807) is 7.11 Å². The lowest BCUT2D eigenvalue weighted by molar-refractivity contribution is -0.385. The third kappa shape index (κ3) is 5.11. The Balaban J connectivity index is 1.78. The van der Waals surface area contributed by atoms with Crippen LogP contribution < -0.4 is 21.5 Å². The highest BCUT2D eigenvalue weighted by molar-refractivity contribution is 5.58. The van der Waals surface area contributed by atoms with Gasteiger partial charge in [0.1, 0.15) is 11.4 Å². The van der Waals surface area contributed by atoms with Crippen LogP contribution in [0.3, 0.4) is 0 Å². The second-order valence-corrected chi connectivity index (χ2v) is 7.48. The summed E-state index contributed by atoms with van der Waals surface area (Å²) in [4.78, 5) is 19.6. The maximum atomic E-state index is 11.5. The maximum Gasteiger partial charge on any atom is 0.332 e. The molecule has 0 radical (unpaired) electrons. The number of nitrogens with two attached hydrogens (primary N) is 2. The summed E-state index contributed by atoms with van der Waals surface area (Å²) in [5.74, 6) is 1.80. The van der Waals surface area contributed by atoms with Gasteiger partial charge in [0.05, 0.1) is 12.0 Å². The largest absolute Gasteiger partial charge is 0.496 e. The summed E-state index contributed by atoms with van der Waals surface area (Å²) in [5, 5.41) is 14.7. The van der Waals surface area contributed by atoms with Crippen molar-refractivity contribution in [2.45, 2.75) is 38.6 Å². The highest BCUT2D eigenvalue weighted by Gasteiger charge is 2.27. The SMILES string of the molecule is COc1ccccc1CNc1nc(N)c([N+](=O)[O-])c(CC2CCC(CN)CC2)n1. The van der Waals surface area contributed by atoms with Gasteiger partial charge in [0, 0.05) is 12.1 Å². The highest BCUT2D eigenvalue weighted by Crippen LogP contribution is 2.34. The molecule has 9 nitrogen and oxygen atoms in total. The van der Waals surface area contributed by atoms with Crippen molar-refractivity contribution in [3.05, 3.63) is 45.6 Å². The van der Waals surface area contributed by atoms with E-state index < -0.39 is 4.92 Å². The quantitative estimate of drug-likeness (QED) is 0.453. The second kappa shape index (κ2) is 9.51. The number of rotatable bonds is 8. The minimum Gasteiger partial charge on any atom is -0.496 e. The van der Waals surface area contributed by atoms with Gasteiger partial charge in [0.25, 0.3) is 0 Å². The first-order valence-corrected chi connectivity index (χ1v) is 9.88. The third-order valence-electron chi connectivity index (χ3n) is 5.58. The summed E-state index contributed by atoms with van der Waals surface area (Å²) in [6, 6.07) is 7.59. The monoisotopic (exact) mass is 400 g/mol. The fraction of sp³-hybridized carbons (Fsp3) is 0.500. The van der Waals surface area contributed by atoms with Crippen LogP contribution in [0, 0.1) is 22.0 Å². The van der Waals surface area contributed by atoms with Crippen LogP contribution in [0.15, 0.2) is 24.3 Å². The Bertz CT molecular complexity index is 852. The standard InChI is InChI=1S/C20H28N6O3/c1-29-17-5-3-2-4-15(17)12-23-20-24-16(18(26(27)28)19(22)25-20)10-13-6-8-14(11-21)9-7-13/h2-5,13-14H,6-12,21H2,1H3,(H3,22,23,24,25). The molecule has 5 N–H and O–H groups in total. The molecule has 29 heavy (non-hydrogen) atoms. The molecule has 9 heteroatoms. The first-order chi connectivity index (χ1) is 14.0. The summed E-state index contributed by atoms with van der Waals surface area (Å²) in [6.45, 7) is 1.12. The fourth-order valence-electron chi connectivity index (χ4n) is 3.91. The number of nitrogens with zero attached hydrogens (tertiary/aromatic N) is 3. The summed E-state index contributed by atoms with van der Waals surface area (Å²) in [5.41, 5.74) is 12.8. The Morgan fingerprint density at radius 2 is 1.90 bits per heavy atom. The summed E-state index contributed by atoms with van der Waals surface area (Å²) < 4.78 is 5.35. The van der Waals surface area contributed by atoms with E-state index in [0.717, 1.165) is 37.0 Å². The number of methoxy groups -OCH3 is 1. The number of hydrogen-bond acceptors (Lipinski definition) is 8. The van der Waals surface area contributed by atoms with Crippen LogP contribution in [0.25, 0.3) is 0 Å². The number of benzene rings is 1. The Morgan fingerprint density at radius 3 is 2.55 bits per heavy atom. The van der Waals surface area contributed by atoms with E-state index in [2.05, 4.69) is 15.3 Å². The van der Waals surface area contributed by atoms with Crippen molar-refractivity contribution >= 4 is 17.5 Å². The van der Waals surface area contributed by atoms with E-state index >= 15 is 0 Å². The van der Waals surface area contributed by atoms with Crippen LogP contribution in [0.5, 0.6) is 5.75 Å². The molecule has 1 aliphatic rings. The molecular weight excluding hydrogens is 372 g/mol. The molecule has 1 aromatic heterocycles. The average Bonchev–Trinajstić information content (AvgIpc) is 2.72. The number of para-hydroxylation sites is 1. The predicted octanol–water partition coefficient (Wildman–Crippen LogP) is 2.90. The minimum atomic E-state index is -0.486. The molecule has 1 fully saturated rings. The first kappa shape index (κ1) is 20.8. The molecule has 0 saturated heterocycles. The van der Waals surface area contributed by atoms with Gasteiger partial charge in [0.2, 0.25) is 11.8 Å². The third-order valence-corrected chi connectivity index (χ3v) is 5.58. The lowest BCUT2D eigenvalue weighted by Gasteiger charge is -2.27. The van der Waals surface area contributed by atoms with Gasteiger partial charge in [-0.25, -0.2) is 4.98 Å². The van der Waals surface area contributed by atoms with E-state index in [0.29, 0.717) is 37.0 Å². The van der Waals surface area contributed by atoms with Crippen molar-refractivity contribution in [1.82, 2.24) is 9.97 Å². The Hall–Kier alpha value is -2.94. The molecule has 156 valence electrons. The summed E-state index contributed by atoms with van der Waals surface area (Å²) in [7, 11) is 1.61. The molecule has 0 unspecified atom stereocenters. The van der Waals surface area contributed by atoms with Crippen molar-refractivity contribution < 1.29 is 9.66 Å². The van der Waals surface area contributed by atoms with E-state index in [1.165, 1.54) is 0 Å². The van der Waals surface area contributed by atoms with Crippen LogP contribution in [-0.2, 0) is 13.0 Å². The molecule has 2 aromatic rings. The molecule has 0 aliphatic heterocycles. The Kier molecular flexibility index (Phi) is 6.82. The van der Waals surface area contributed by atoms with Crippen molar-refractivity contribution in [2.24, 2.45) is 17.6 Å². The molecule has 1 aliphatic carbocycles.